The summed E-state index contributed by atoms with van der Waals surface area (Å²) >= 11 is 7.81. The summed E-state index contributed by atoms with van der Waals surface area (Å²) in [5, 5.41) is 0.517. The standard InChI is InChI=1S/C12H11Br2NO2S2/c13-8-10(9-4-2-1-3-5-9)15-19(16,17)12-7-6-11(14)18-12/h1-7,10,15H,8H2. The normalized spacial score (nSPS) is 13.4. The first-order chi connectivity index (χ1) is 9.03. The van der Waals surface area contributed by atoms with E-state index >= 15 is 0 Å². The molecule has 0 aliphatic rings. The van der Waals surface area contributed by atoms with Gasteiger partial charge >= 0.3 is 0 Å². The molecule has 102 valence electrons. The van der Waals surface area contributed by atoms with Crippen LogP contribution in [0, 0.1) is 0 Å². The van der Waals surface area contributed by atoms with Crippen molar-refractivity contribution < 1.29 is 8.42 Å². The van der Waals surface area contributed by atoms with E-state index in [9.17, 15) is 8.42 Å². The molecule has 1 aromatic carbocycles. The number of halogens is 2. The lowest BCUT2D eigenvalue weighted by molar-refractivity contribution is 0.571. The highest BCUT2D eigenvalue weighted by Crippen LogP contribution is 2.27. The Morgan fingerprint density at radius 3 is 2.37 bits per heavy atom. The molecule has 0 fully saturated rings. The van der Waals surface area contributed by atoms with E-state index in [4.69, 9.17) is 0 Å². The SMILES string of the molecule is O=S(=O)(NC(CBr)c1ccccc1)c1ccc(Br)s1. The quantitative estimate of drug-likeness (QED) is 0.739. The lowest BCUT2D eigenvalue weighted by Crippen LogP contribution is -2.29. The van der Waals surface area contributed by atoms with Crippen molar-refractivity contribution in [3.05, 3.63) is 51.8 Å². The molecule has 0 amide bonds. The third kappa shape index (κ3) is 3.88. The number of nitrogens with one attached hydrogen (secondary N) is 1. The van der Waals surface area contributed by atoms with Gasteiger partial charge in [0.15, 0.2) is 0 Å². The van der Waals surface area contributed by atoms with E-state index in [1.165, 1.54) is 11.3 Å². The van der Waals surface area contributed by atoms with Crippen LogP contribution in [0.5, 0.6) is 0 Å². The maximum absolute atomic E-state index is 12.2. The zero-order valence-corrected chi connectivity index (χ0v) is 14.5. The van der Waals surface area contributed by atoms with Crippen molar-refractivity contribution in [1.29, 1.82) is 0 Å². The summed E-state index contributed by atoms with van der Waals surface area (Å²) < 4.78 is 28.3. The third-order valence-corrected chi connectivity index (χ3v) is 6.70. The summed E-state index contributed by atoms with van der Waals surface area (Å²) in [5.74, 6) is 0. The van der Waals surface area contributed by atoms with Crippen LogP contribution in [0.15, 0.2) is 50.5 Å². The highest BCUT2D eigenvalue weighted by molar-refractivity contribution is 9.11. The molecule has 7 heteroatoms. The fourth-order valence-electron chi connectivity index (χ4n) is 1.56. The molecule has 1 N–H and O–H groups in total. The van der Waals surface area contributed by atoms with Crippen LogP contribution in [-0.2, 0) is 10.0 Å². The van der Waals surface area contributed by atoms with Gasteiger partial charge in [-0.15, -0.1) is 11.3 Å². The molecular weight excluding hydrogens is 414 g/mol. The van der Waals surface area contributed by atoms with Gasteiger partial charge in [-0.25, -0.2) is 13.1 Å². The molecule has 2 aromatic rings. The first-order valence-electron chi connectivity index (χ1n) is 5.41. The first-order valence-corrected chi connectivity index (χ1v) is 9.63. The number of hydrogen-bond acceptors (Lipinski definition) is 3. The van der Waals surface area contributed by atoms with Gasteiger partial charge < -0.3 is 0 Å². The van der Waals surface area contributed by atoms with E-state index in [1.54, 1.807) is 12.1 Å². The Balaban J connectivity index is 2.23. The van der Waals surface area contributed by atoms with Gasteiger partial charge in [-0.1, -0.05) is 46.3 Å². The van der Waals surface area contributed by atoms with Gasteiger partial charge in [0.1, 0.15) is 4.21 Å². The van der Waals surface area contributed by atoms with Crippen molar-refractivity contribution in [2.45, 2.75) is 10.3 Å². The Morgan fingerprint density at radius 2 is 1.84 bits per heavy atom. The second-order valence-electron chi connectivity index (χ2n) is 3.80. The summed E-state index contributed by atoms with van der Waals surface area (Å²) in [6.07, 6.45) is 0. The molecule has 2 rings (SSSR count). The number of alkyl halides is 1. The van der Waals surface area contributed by atoms with Crippen LogP contribution in [0.25, 0.3) is 0 Å². The fourth-order valence-corrected chi connectivity index (χ4v) is 5.56. The van der Waals surface area contributed by atoms with Crippen LogP contribution < -0.4 is 4.72 Å². The third-order valence-electron chi connectivity index (χ3n) is 2.47. The van der Waals surface area contributed by atoms with Crippen molar-refractivity contribution >= 4 is 53.2 Å². The molecule has 0 saturated carbocycles. The van der Waals surface area contributed by atoms with Crippen molar-refractivity contribution in [2.24, 2.45) is 0 Å². The fraction of sp³-hybridized carbons (Fsp3) is 0.167. The van der Waals surface area contributed by atoms with E-state index in [0.717, 1.165) is 9.35 Å². The average Bonchev–Trinajstić information content (AvgIpc) is 2.85. The van der Waals surface area contributed by atoms with Gasteiger partial charge in [-0.3, -0.25) is 0 Å². The van der Waals surface area contributed by atoms with E-state index in [2.05, 4.69) is 36.6 Å². The molecule has 0 bridgehead atoms. The van der Waals surface area contributed by atoms with Crippen LogP contribution >= 0.6 is 43.2 Å². The topological polar surface area (TPSA) is 46.2 Å². The molecule has 0 aliphatic heterocycles. The monoisotopic (exact) mass is 423 g/mol. The van der Waals surface area contributed by atoms with Crippen LogP contribution in [0.2, 0.25) is 0 Å². The van der Waals surface area contributed by atoms with E-state index < -0.39 is 10.0 Å². The van der Waals surface area contributed by atoms with E-state index in [0.29, 0.717) is 9.54 Å². The number of hydrogen-bond donors (Lipinski definition) is 1. The molecule has 0 radical (unpaired) electrons. The Labute approximate surface area is 133 Å². The minimum atomic E-state index is -3.49. The van der Waals surface area contributed by atoms with E-state index in [-0.39, 0.29) is 6.04 Å². The van der Waals surface area contributed by atoms with Crippen LogP contribution in [0.4, 0.5) is 0 Å². The molecule has 0 spiro atoms. The van der Waals surface area contributed by atoms with Gasteiger partial charge in [0.25, 0.3) is 10.0 Å². The van der Waals surface area contributed by atoms with Crippen LogP contribution in [0.1, 0.15) is 11.6 Å². The minimum absolute atomic E-state index is 0.285. The number of sulfonamides is 1. The van der Waals surface area contributed by atoms with Gasteiger partial charge in [0.05, 0.1) is 9.83 Å². The maximum Gasteiger partial charge on any atom is 0.250 e. The molecule has 1 heterocycles. The molecule has 1 atom stereocenters. The average molecular weight is 425 g/mol. The van der Waals surface area contributed by atoms with Gasteiger partial charge in [-0.2, -0.15) is 0 Å². The second kappa shape index (κ2) is 6.49. The van der Waals surface area contributed by atoms with E-state index in [1.807, 2.05) is 30.3 Å². The van der Waals surface area contributed by atoms with Crippen molar-refractivity contribution in [1.82, 2.24) is 4.72 Å². The zero-order valence-electron chi connectivity index (χ0n) is 9.71. The summed E-state index contributed by atoms with van der Waals surface area (Å²) in [6, 6.07) is 12.5. The van der Waals surface area contributed by atoms with Crippen LogP contribution in [-0.4, -0.2) is 13.7 Å². The van der Waals surface area contributed by atoms with Gasteiger partial charge in [0.2, 0.25) is 0 Å². The van der Waals surface area contributed by atoms with Crippen molar-refractivity contribution in [2.75, 3.05) is 5.33 Å². The predicted molar refractivity (Wildman–Crippen MR) is 85.3 cm³/mol. The summed E-state index contributed by atoms with van der Waals surface area (Å²) in [5.41, 5.74) is 0.929. The highest BCUT2D eigenvalue weighted by atomic mass is 79.9. The Morgan fingerprint density at radius 1 is 1.16 bits per heavy atom. The molecule has 3 nitrogen and oxygen atoms in total. The second-order valence-corrected chi connectivity index (χ2v) is 8.85. The molecule has 19 heavy (non-hydrogen) atoms. The summed E-state index contributed by atoms with van der Waals surface area (Å²) in [6.45, 7) is 0. The minimum Gasteiger partial charge on any atom is -0.206 e. The maximum atomic E-state index is 12.2. The molecule has 1 aromatic heterocycles. The molecular formula is C12H11Br2NO2S2. The van der Waals surface area contributed by atoms with Crippen molar-refractivity contribution in [3.8, 4) is 0 Å². The first kappa shape index (κ1) is 15.2. The molecule has 1 unspecified atom stereocenters. The number of thiophene rings is 1. The molecule has 0 aliphatic carbocycles. The largest absolute Gasteiger partial charge is 0.250 e. The summed E-state index contributed by atoms with van der Waals surface area (Å²) in [4.78, 5) is 0. The lowest BCUT2D eigenvalue weighted by atomic mass is 10.1. The Kier molecular flexibility index (Phi) is 5.19. The number of benzene rings is 1. The Bertz CT molecular complexity index is 641. The Hall–Kier alpha value is -0.210. The lowest BCUT2D eigenvalue weighted by Gasteiger charge is -2.16. The predicted octanol–water partition coefficient (Wildman–Crippen LogP) is 3.93. The smallest absolute Gasteiger partial charge is 0.206 e. The number of rotatable bonds is 5. The highest BCUT2D eigenvalue weighted by Gasteiger charge is 2.22. The molecule has 0 saturated heterocycles. The zero-order chi connectivity index (χ0) is 13.9. The van der Waals surface area contributed by atoms with Gasteiger partial charge in [-0.05, 0) is 33.6 Å². The van der Waals surface area contributed by atoms with Crippen LogP contribution in [0.3, 0.4) is 0 Å². The van der Waals surface area contributed by atoms with Crippen molar-refractivity contribution in [3.63, 3.8) is 0 Å². The van der Waals surface area contributed by atoms with Gasteiger partial charge in [0, 0.05) is 5.33 Å². The summed E-state index contributed by atoms with van der Waals surface area (Å²) in [7, 11) is -3.49.